The quantitative estimate of drug-likeness (QED) is 0.901. The summed E-state index contributed by atoms with van der Waals surface area (Å²) in [6, 6.07) is 9.94. The second-order valence-electron chi connectivity index (χ2n) is 6.13. The second-order valence-corrected chi connectivity index (χ2v) is 6.13. The highest BCUT2D eigenvalue weighted by atomic mass is 15.3. The molecule has 0 saturated carbocycles. The van der Waals surface area contributed by atoms with Gasteiger partial charge in [0.25, 0.3) is 0 Å². The van der Waals surface area contributed by atoms with Gasteiger partial charge in [-0.2, -0.15) is 0 Å². The summed E-state index contributed by atoms with van der Waals surface area (Å²) in [5, 5.41) is 3.44. The summed E-state index contributed by atoms with van der Waals surface area (Å²) in [4.78, 5) is 5.30. The normalized spacial score (nSPS) is 25.1. The molecule has 110 valence electrons. The Morgan fingerprint density at radius 3 is 2.45 bits per heavy atom. The molecule has 1 N–H and O–H groups in total. The van der Waals surface area contributed by atoms with Gasteiger partial charge in [-0.15, -0.1) is 0 Å². The summed E-state index contributed by atoms with van der Waals surface area (Å²) < 4.78 is 0. The first-order chi connectivity index (χ1) is 9.85. The van der Waals surface area contributed by atoms with Gasteiger partial charge in [-0.1, -0.05) is 31.2 Å². The molecule has 20 heavy (non-hydrogen) atoms. The van der Waals surface area contributed by atoms with E-state index >= 15 is 0 Å². The Labute approximate surface area is 123 Å². The lowest BCUT2D eigenvalue weighted by atomic mass is 10.1. The van der Waals surface area contributed by atoms with E-state index in [9.17, 15) is 0 Å². The number of benzene rings is 1. The Balaban J connectivity index is 1.51. The third kappa shape index (κ3) is 3.40. The van der Waals surface area contributed by atoms with E-state index in [0.717, 1.165) is 32.1 Å². The number of piperazine rings is 1. The first-order valence-corrected chi connectivity index (χ1v) is 8.10. The van der Waals surface area contributed by atoms with Gasteiger partial charge in [-0.3, -0.25) is 9.80 Å². The van der Waals surface area contributed by atoms with Crippen molar-refractivity contribution in [1.82, 2.24) is 15.1 Å². The van der Waals surface area contributed by atoms with Crippen molar-refractivity contribution in [3.05, 3.63) is 35.4 Å². The van der Waals surface area contributed by atoms with Crippen LogP contribution in [0.5, 0.6) is 0 Å². The highest BCUT2D eigenvalue weighted by Crippen LogP contribution is 2.18. The standard InChI is InChI=1S/C17H27N3/c1-2-15-3-5-16(6-4-15)13-19-10-7-17(14-19)20-11-8-18-9-12-20/h3-6,17-18H,2,7-14H2,1H3. The van der Waals surface area contributed by atoms with E-state index < -0.39 is 0 Å². The Hall–Kier alpha value is -0.900. The fourth-order valence-electron chi connectivity index (χ4n) is 3.44. The van der Waals surface area contributed by atoms with Gasteiger partial charge >= 0.3 is 0 Å². The predicted octanol–water partition coefficient (Wildman–Crippen LogP) is 1.73. The van der Waals surface area contributed by atoms with Crippen LogP contribution in [-0.2, 0) is 13.0 Å². The maximum Gasteiger partial charge on any atom is 0.0236 e. The SMILES string of the molecule is CCc1ccc(CN2CCC(N3CCNCC3)C2)cc1. The van der Waals surface area contributed by atoms with Gasteiger partial charge in [0.05, 0.1) is 0 Å². The van der Waals surface area contributed by atoms with E-state index in [1.165, 1.54) is 43.7 Å². The van der Waals surface area contributed by atoms with Gasteiger partial charge < -0.3 is 5.32 Å². The third-order valence-corrected chi connectivity index (χ3v) is 4.75. The van der Waals surface area contributed by atoms with Crippen LogP contribution in [0.25, 0.3) is 0 Å². The molecule has 0 spiro atoms. The topological polar surface area (TPSA) is 18.5 Å². The molecule has 3 heteroatoms. The molecule has 1 aromatic carbocycles. The van der Waals surface area contributed by atoms with Crippen molar-refractivity contribution in [3.8, 4) is 0 Å². The molecule has 0 aromatic heterocycles. The van der Waals surface area contributed by atoms with Crippen LogP contribution in [0.3, 0.4) is 0 Å². The molecule has 1 atom stereocenters. The van der Waals surface area contributed by atoms with Gasteiger partial charge in [0.1, 0.15) is 0 Å². The predicted molar refractivity (Wildman–Crippen MR) is 83.9 cm³/mol. The van der Waals surface area contributed by atoms with E-state index in [2.05, 4.69) is 46.3 Å². The zero-order valence-corrected chi connectivity index (χ0v) is 12.6. The molecule has 0 bridgehead atoms. The maximum absolute atomic E-state index is 3.44. The van der Waals surface area contributed by atoms with Crippen LogP contribution in [0.2, 0.25) is 0 Å². The van der Waals surface area contributed by atoms with Crippen molar-refractivity contribution in [1.29, 1.82) is 0 Å². The fraction of sp³-hybridized carbons (Fsp3) is 0.647. The minimum Gasteiger partial charge on any atom is -0.314 e. The number of hydrogen-bond acceptors (Lipinski definition) is 3. The fourth-order valence-corrected chi connectivity index (χ4v) is 3.44. The molecule has 0 radical (unpaired) electrons. The van der Waals surface area contributed by atoms with Gasteiger partial charge in [0.15, 0.2) is 0 Å². The summed E-state index contributed by atoms with van der Waals surface area (Å²) in [6.07, 6.45) is 2.47. The number of likely N-dealkylation sites (tertiary alicyclic amines) is 1. The molecule has 2 heterocycles. The van der Waals surface area contributed by atoms with Crippen LogP contribution in [0.4, 0.5) is 0 Å². The van der Waals surface area contributed by atoms with Crippen LogP contribution in [-0.4, -0.2) is 55.1 Å². The van der Waals surface area contributed by atoms with Crippen LogP contribution in [0.1, 0.15) is 24.5 Å². The molecule has 3 nitrogen and oxygen atoms in total. The molecular weight excluding hydrogens is 246 g/mol. The van der Waals surface area contributed by atoms with E-state index in [0.29, 0.717) is 0 Å². The van der Waals surface area contributed by atoms with Crippen molar-refractivity contribution in [2.45, 2.75) is 32.4 Å². The molecule has 3 rings (SSSR count). The van der Waals surface area contributed by atoms with Crippen molar-refractivity contribution < 1.29 is 0 Å². The van der Waals surface area contributed by atoms with Crippen LogP contribution >= 0.6 is 0 Å². The summed E-state index contributed by atoms with van der Waals surface area (Å²) in [5.41, 5.74) is 2.90. The number of rotatable bonds is 4. The first kappa shape index (κ1) is 14.1. The maximum atomic E-state index is 3.44. The molecule has 2 aliphatic rings. The molecule has 2 saturated heterocycles. The van der Waals surface area contributed by atoms with Crippen molar-refractivity contribution >= 4 is 0 Å². The van der Waals surface area contributed by atoms with Gasteiger partial charge in [-0.25, -0.2) is 0 Å². The van der Waals surface area contributed by atoms with E-state index in [1.54, 1.807) is 0 Å². The Morgan fingerprint density at radius 2 is 1.75 bits per heavy atom. The second kappa shape index (κ2) is 6.70. The third-order valence-electron chi connectivity index (χ3n) is 4.75. The van der Waals surface area contributed by atoms with Crippen molar-refractivity contribution in [3.63, 3.8) is 0 Å². The van der Waals surface area contributed by atoms with E-state index in [-0.39, 0.29) is 0 Å². The molecule has 0 aliphatic carbocycles. The molecule has 2 aliphatic heterocycles. The molecule has 1 unspecified atom stereocenters. The van der Waals surface area contributed by atoms with Crippen molar-refractivity contribution in [2.75, 3.05) is 39.3 Å². The Bertz CT molecular complexity index is 409. The minimum atomic E-state index is 0.784. The van der Waals surface area contributed by atoms with Gasteiger partial charge in [0.2, 0.25) is 0 Å². The van der Waals surface area contributed by atoms with Crippen LogP contribution < -0.4 is 5.32 Å². The van der Waals surface area contributed by atoms with E-state index in [1.807, 2.05) is 0 Å². The first-order valence-electron chi connectivity index (χ1n) is 8.10. The van der Waals surface area contributed by atoms with Gasteiger partial charge in [-0.05, 0) is 24.0 Å². The lowest BCUT2D eigenvalue weighted by Crippen LogP contribution is -2.49. The number of nitrogens with one attached hydrogen (secondary N) is 1. The molecule has 2 fully saturated rings. The monoisotopic (exact) mass is 273 g/mol. The Kier molecular flexibility index (Phi) is 4.71. The average Bonchev–Trinajstić information content (AvgIpc) is 2.97. The minimum absolute atomic E-state index is 0.784. The van der Waals surface area contributed by atoms with Crippen molar-refractivity contribution in [2.24, 2.45) is 0 Å². The zero-order valence-electron chi connectivity index (χ0n) is 12.6. The highest BCUT2D eigenvalue weighted by molar-refractivity contribution is 5.22. The number of aryl methyl sites for hydroxylation is 1. The summed E-state index contributed by atoms with van der Waals surface area (Å²) in [7, 11) is 0. The zero-order chi connectivity index (χ0) is 13.8. The number of hydrogen-bond donors (Lipinski definition) is 1. The van der Waals surface area contributed by atoms with Gasteiger partial charge in [0, 0.05) is 51.9 Å². The molecule has 1 aromatic rings. The summed E-state index contributed by atoms with van der Waals surface area (Å²) in [5.74, 6) is 0. The average molecular weight is 273 g/mol. The van der Waals surface area contributed by atoms with E-state index in [4.69, 9.17) is 0 Å². The number of nitrogens with zero attached hydrogens (tertiary/aromatic N) is 2. The Morgan fingerprint density at radius 1 is 1.05 bits per heavy atom. The molecule has 0 amide bonds. The highest BCUT2D eigenvalue weighted by Gasteiger charge is 2.28. The lowest BCUT2D eigenvalue weighted by Gasteiger charge is -2.32. The lowest BCUT2D eigenvalue weighted by molar-refractivity contribution is 0.170. The molecular formula is C17H27N3. The smallest absolute Gasteiger partial charge is 0.0236 e. The summed E-state index contributed by atoms with van der Waals surface area (Å²) >= 11 is 0. The van der Waals surface area contributed by atoms with Crippen LogP contribution in [0, 0.1) is 0 Å². The largest absolute Gasteiger partial charge is 0.314 e. The summed E-state index contributed by atoms with van der Waals surface area (Å²) in [6.45, 7) is 10.6. The van der Waals surface area contributed by atoms with Crippen LogP contribution in [0.15, 0.2) is 24.3 Å².